The van der Waals surface area contributed by atoms with Gasteiger partial charge in [0.25, 0.3) is 15.6 Å². The van der Waals surface area contributed by atoms with Crippen LogP contribution in [-0.2, 0) is 14.8 Å². The highest BCUT2D eigenvalue weighted by Gasteiger charge is 2.14. The number of sulfonamides is 1. The Bertz CT molecular complexity index is 877. The van der Waals surface area contributed by atoms with Crippen LogP contribution in [0.2, 0.25) is 0 Å². The molecule has 1 heterocycles. The van der Waals surface area contributed by atoms with Gasteiger partial charge in [0, 0.05) is 13.1 Å². The predicted molar refractivity (Wildman–Crippen MR) is 80.5 cm³/mol. The molecule has 0 atom stereocenters. The third kappa shape index (κ3) is 3.41. The number of aromatic nitrogens is 2. The molecule has 0 spiro atoms. The first kappa shape index (κ1) is 15.5. The summed E-state index contributed by atoms with van der Waals surface area (Å²) >= 11 is 0. The summed E-state index contributed by atoms with van der Waals surface area (Å²) < 4.78 is 25.4. The van der Waals surface area contributed by atoms with Crippen molar-refractivity contribution in [3.63, 3.8) is 0 Å². The zero-order chi connectivity index (χ0) is 16.3. The van der Waals surface area contributed by atoms with Gasteiger partial charge in [-0.05, 0) is 24.3 Å². The number of aromatic amines is 2. The van der Waals surface area contributed by atoms with E-state index in [0.717, 1.165) is 6.92 Å². The molecular formula is C12H13N5O4S. The Balaban J connectivity index is 2.23. The molecule has 0 saturated carbocycles. The van der Waals surface area contributed by atoms with Crippen LogP contribution in [0.25, 0.3) is 0 Å². The minimum absolute atomic E-state index is 0.0688. The fourth-order valence-corrected chi connectivity index (χ4v) is 2.60. The molecule has 0 radical (unpaired) electrons. The van der Waals surface area contributed by atoms with Gasteiger partial charge in [0.1, 0.15) is 11.4 Å². The Morgan fingerprint density at radius 1 is 1.27 bits per heavy atom. The van der Waals surface area contributed by atoms with Crippen LogP contribution in [0.4, 0.5) is 11.5 Å². The van der Waals surface area contributed by atoms with Gasteiger partial charge in [-0.15, -0.1) is 0 Å². The number of H-pyrrole nitrogens is 2. The van der Waals surface area contributed by atoms with Crippen LogP contribution < -0.4 is 16.0 Å². The Labute approximate surface area is 125 Å². The molecule has 1 aromatic carbocycles. The Morgan fingerprint density at radius 3 is 2.41 bits per heavy atom. The van der Waals surface area contributed by atoms with Crippen molar-refractivity contribution >= 4 is 33.7 Å². The number of benzene rings is 1. The molecule has 1 amide bonds. The van der Waals surface area contributed by atoms with E-state index in [4.69, 9.17) is 5.73 Å². The molecule has 0 aliphatic carbocycles. The standard InChI is InChI=1S/C12H13N5O4S/c1-7(18)17-22(20,21)9-4-2-8(3-5-9)14-6-10-11(13)15-16-12(10)19/h2-6H,1H3,(H,17,18)(H4,13,15,16,19). The molecule has 2 aromatic rings. The number of nitrogen functional groups attached to an aromatic ring is 1. The number of amides is 1. The Kier molecular flexibility index (Phi) is 4.13. The minimum Gasteiger partial charge on any atom is -0.383 e. The lowest BCUT2D eigenvalue weighted by Crippen LogP contribution is -2.28. The number of rotatable bonds is 4. The number of hydrogen-bond donors (Lipinski definition) is 4. The summed E-state index contributed by atoms with van der Waals surface area (Å²) in [7, 11) is -3.88. The molecule has 1 aromatic heterocycles. The molecule has 10 heteroatoms. The molecule has 0 aliphatic rings. The van der Waals surface area contributed by atoms with Gasteiger partial charge in [0.05, 0.1) is 10.6 Å². The van der Waals surface area contributed by atoms with Crippen molar-refractivity contribution in [2.24, 2.45) is 4.99 Å². The van der Waals surface area contributed by atoms with Gasteiger partial charge in [-0.2, -0.15) is 0 Å². The molecule has 0 bridgehead atoms. The molecule has 116 valence electrons. The molecule has 0 unspecified atom stereocenters. The van der Waals surface area contributed by atoms with Gasteiger partial charge in [-0.1, -0.05) is 0 Å². The lowest BCUT2D eigenvalue weighted by molar-refractivity contribution is -0.117. The summed E-state index contributed by atoms with van der Waals surface area (Å²) in [5.41, 5.74) is 5.72. The lowest BCUT2D eigenvalue weighted by atomic mass is 10.3. The van der Waals surface area contributed by atoms with Crippen molar-refractivity contribution in [2.45, 2.75) is 11.8 Å². The molecule has 0 aliphatic heterocycles. The summed E-state index contributed by atoms with van der Waals surface area (Å²) in [6, 6.07) is 5.45. The van der Waals surface area contributed by atoms with E-state index in [1.54, 1.807) is 0 Å². The van der Waals surface area contributed by atoms with E-state index in [1.165, 1.54) is 30.5 Å². The van der Waals surface area contributed by atoms with Crippen LogP contribution in [0.15, 0.2) is 38.9 Å². The predicted octanol–water partition coefficient (Wildman–Crippen LogP) is -0.139. The SMILES string of the molecule is CC(=O)NS(=O)(=O)c1ccc(N=Cc2c(N)[nH][nH]c2=O)cc1. The van der Waals surface area contributed by atoms with E-state index in [-0.39, 0.29) is 16.3 Å². The van der Waals surface area contributed by atoms with Gasteiger partial charge >= 0.3 is 0 Å². The summed E-state index contributed by atoms with van der Waals surface area (Å²) in [5.74, 6) is -0.525. The summed E-state index contributed by atoms with van der Waals surface area (Å²) in [6.45, 7) is 1.11. The largest absolute Gasteiger partial charge is 0.383 e. The first-order valence-electron chi connectivity index (χ1n) is 6.03. The topological polar surface area (TPSA) is 150 Å². The van der Waals surface area contributed by atoms with Crippen LogP contribution in [0.3, 0.4) is 0 Å². The monoisotopic (exact) mass is 323 g/mol. The quantitative estimate of drug-likeness (QED) is 0.577. The Hall–Kier alpha value is -2.88. The normalized spacial score (nSPS) is 11.7. The molecule has 2 rings (SSSR count). The van der Waals surface area contributed by atoms with Crippen molar-refractivity contribution in [3.05, 3.63) is 40.2 Å². The molecule has 0 saturated heterocycles. The van der Waals surface area contributed by atoms with E-state index < -0.39 is 21.5 Å². The lowest BCUT2D eigenvalue weighted by Gasteiger charge is -2.04. The third-order valence-electron chi connectivity index (χ3n) is 2.61. The molecule has 22 heavy (non-hydrogen) atoms. The number of carbonyl (C=O) groups excluding carboxylic acids is 1. The fourth-order valence-electron chi connectivity index (χ4n) is 1.61. The van der Waals surface area contributed by atoms with Crippen molar-refractivity contribution < 1.29 is 13.2 Å². The summed E-state index contributed by atoms with van der Waals surface area (Å²) in [6.07, 6.45) is 1.27. The summed E-state index contributed by atoms with van der Waals surface area (Å²) in [4.78, 5) is 26.2. The van der Waals surface area contributed by atoms with Crippen LogP contribution in [0.1, 0.15) is 12.5 Å². The van der Waals surface area contributed by atoms with Crippen molar-refractivity contribution in [1.29, 1.82) is 0 Å². The highest BCUT2D eigenvalue weighted by molar-refractivity contribution is 7.90. The van der Waals surface area contributed by atoms with E-state index >= 15 is 0 Å². The second kappa shape index (κ2) is 5.85. The maximum atomic E-state index is 11.8. The highest BCUT2D eigenvalue weighted by atomic mass is 32.2. The van der Waals surface area contributed by atoms with Gasteiger partial charge < -0.3 is 5.73 Å². The first-order valence-corrected chi connectivity index (χ1v) is 7.51. The Morgan fingerprint density at radius 2 is 1.91 bits per heavy atom. The van der Waals surface area contributed by atoms with E-state index in [0.29, 0.717) is 5.69 Å². The van der Waals surface area contributed by atoms with Crippen LogP contribution in [0, 0.1) is 0 Å². The van der Waals surface area contributed by atoms with Crippen LogP contribution >= 0.6 is 0 Å². The van der Waals surface area contributed by atoms with Gasteiger partial charge in [0.15, 0.2) is 0 Å². The average Bonchev–Trinajstić information content (AvgIpc) is 2.75. The number of carbonyl (C=O) groups is 1. The fraction of sp³-hybridized carbons (Fsp3) is 0.0833. The molecule has 0 fully saturated rings. The molecule has 9 nitrogen and oxygen atoms in total. The number of hydrogen-bond acceptors (Lipinski definition) is 6. The van der Waals surface area contributed by atoms with E-state index in [9.17, 15) is 18.0 Å². The number of nitrogens with one attached hydrogen (secondary N) is 3. The van der Waals surface area contributed by atoms with Gasteiger partial charge in [-0.25, -0.2) is 13.1 Å². The smallest absolute Gasteiger partial charge is 0.274 e. The average molecular weight is 323 g/mol. The second-order valence-corrected chi connectivity index (χ2v) is 6.00. The van der Waals surface area contributed by atoms with Gasteiger partial charge in [0.2, 0.25) is 5.91 Å². The number of aliphatic imine (C=N–C) groups is 1. The second-order valence-electron chi connectivity index (χ2n) is 4.32. The zero-order valence-corrected chi connectivity index (χ0v) is 12.3. The van der Waals surface area contributed by atoms with Crippen molar-refractivity contribution in [3.8, 4) is 0 Å². The minimum atomic E-state index is -3.88. The first-order chi connectivity index (χ1) is 10.3. The van der Waals surface area contributed by atoms with E-state index in [2.05, 4.69) is 15.2 Å². The van der Waals surface area contributed by atoms with Crippen LogP contribution in [-0.4, -0.2) is 30.7 Å². The molecule has 5 N–H and O–H groups in total. The number of anilines is 1. The third-order valence-corrected chi connectivity index (χ3v) is 4.06. The van der Waals surface area contributed by atoms with Gasteiger partial charge in [-0.3, -0.25) is 24.8 Å². The maximum absolute atomic E-state index is 11.8. The summed E-state index contributed by atoms with van der Waals surface area (Å²) in [5, 5.41) is 4.75. The zero-order valence-electron chi connectivity index (χ0n) is 11.5. The van der Waals surface area contributed by atoms with Crippen molar-refractivity contribution in [2.75, 3.05) is 5.73 Å². The van der Waals surface area contributed by atoms with E-state index in [1.807, 2.05) is 4.72 Å². The highest BCUT2D eigenvalue weighted by Crippen LogP contribution is 2.16. The van der Waals surface area contributed by atoms with Crippen LogP contribution in [0.5, 0.6) is 0 Å². The number of nitrogens with zero attached hydrogens (tertiary/aromatic N) is 1. The van der Waals surface area contributed by atoms with Crippen molar-refractivity contribution in [1.82, 2.24) is 14.9 Å². The molecular weight excluding hydrogens is 310 g/mol. The maximum Gasteiger partial charge on any atom is 0.274 e. The number of nitrogens with two attached hydrogens (primary N) is 1.